The normalized spacial score (nSPS) is 11.3. The topological polar surface area (TPSA) is 0 Å². The monoisotopic (exact) mass is 136 g/mol. The summed E-state index contributed by atoms with van der Waals surface area (Å²) in [6.07, 6.45) is 13.8. The predicted molar refractivity (Wildman–Crippen MR) is 48.0 cm³/mol. The molecule has 0 fully saturated rings. The van der Waals surface area contributed by atoms with Crippen molar-refractivity contribution in [2.45, 2.75) is 26.2 Å². The Morgan fingerprint density at radius 1 is 1.10 bits per heavy atom. The minimum atomic E-state index is 0.996. The molecule has 0 unspecified atom stereocenters. The Kier molecular flexibility index (Phi) is 7.58. The maximum absolute atomic E-state index is 3.63. The first kappa shape index (κ1) is 9.22. The van der Waals surface area contributed by atoms with Gasteiger partial charge < -0.3 is 0 Å². The Bertz CT molecular complexity index is 118. The molecule has 10 heavy (non-hydrogen) atoms. The lowest BCUT2D eigenvalue weighted by atomic mass is 10.2. The third-order valence-corrected chi connectivity index (χ3v) is 1.21. The average Bonchev–Trinajstić information content (AvgIpc) is 1.97. The first-order valence-electron chi connectivity index (χ1n) is 3.79. The highest BCUT2D eigenvalue weighted by Gasteiger charge is 1.73. The summed E-state index contributed by atoms with van der Waals surface area (Å²) in [4.78, 5) is 0. The van der Waals surface area contributed by atoms with Gasteiger partial charge in [0.2, 0.25) is 0 Å². The third kappa shape index (κ3) is 7.22. The van der Waals surface area contributed by atoms with Gasteiger partial charge in [-0.05, 0) is 26.2 Å². The van der Waals surface area contributed by atoms with Crippen LogP contribution in [0.1, 0.15) is 26.2 Å². The lowest BCUT2D eigenvalue weighted by Crippen LogP contribution is -1.63. The minimum Gasteiger partial charge on any atom is -0.103 e. The Morgan fingerprint density at radius 3 is 2.40 bits per heavy atom. The average molecular weight is 136 g/mol. The van der Waals surface area contributed by atoms with Crippen LogP contribution in [0.4, 0.5) is 0 Å². The standard InChI is InChI=1S/C10H16/c1-3-5-7-9-10-8-6-4-2/h3-4,6-7,9H,1,5,8,10H2,2H3/b6-4+,9-7+. The summed E-state index contributed by atoms with van der Waals surface area (Å²) < 4.78 is 0. The van der Waals surface area contributed by atoms with Crippen LogP contribution < -0.4 is 0 Å². The zero-order chi connectivity index (χ0) is 7.66. The van der Waals surface area contributed by atoms with Crippen LogP contribution in [0.2, 0.25) is 0 Å². The van der Waals surface area contributed by atoms with Crippen LogP contribution >= 0.6 is 0 Å². The fourth-order valence-corrected chi connectivity index (χ4v) is 0.669. The van der Waals surface area contributed by atoms with Crippen LogP contribution in [-0.2, 0) is 0 Å². The second kappa shape index (κ2) is 8.22. The van der Waals surface area contributed by atoms with E-state index in [1.165, 1.54) is 0 Å². The Morgan fingerprint density at radius 2 is 1.80 bits per heavy atom. The molecule has 0 amide bonds. The fourth-order valence-electron chi connectivity index (χ4n) is 0.669. The van der Waals surface area contributed by atoms with Crippen LogP contribution in [0.25, 0.3) is 0 Å². The Hall–Kier alpha value is -0.780. The highest BCUT2D eigenvalue weighted by molar-refractivity contribution is 4.90. The van der Waals surface area contributed by atoms with Gasteiger partial charge in [0.25, 0.3) is 0 Å². The van der Waals surface area contributed by atoms with Crippen molar-refractivity contribution in [2.24, 2.45) is 0 Å². The molecular formula is C10H16. The fraction of sp³-hybridized carbons (Fsp3) is 0.400. The smallest absolute Gasteiger partial charge is 0.0172 e. The Balaban J connectivity index is 3.09. The molecule has 0 spiro atoms. The van der Waals surface area contributed by atoms with Gasteiger partial charge in [0, 0.05) is 0 Å². The van der Waals surface area contributed by atoms with Crippen LogP contribution in [0, 0.1) is 0 Å². The zero-order valence-corrected chi connectivity index (χ0v) is 6.72. The molecule has 56 valence electrons. The summed E-state index contributed by atoms with van der Waals surface area (Å²) in [6, 6.07) is 0. The van der Waals surface area contributed by atoms with Crippen LogP contribution in [0.3, 0.4) is 0 Å². The quantitative estimate of drug-likeness (QED) is 0.401. The molecule has 0 radical (unpaired) electrons. The van der Waals surface area contributed by atoms with E-state index in [0.717, 1.165) is 19.3 Å². The molecule has 0 nitrogen and oxygen atoms in total. The van der Waals surface area contributed by atoms with Gasteiger partial charge in [-0.1, -0.05) is 30.4 Å². The van der Waals surface area contributed by atoms with Gasteiger partial charge in [-0.3, -0.25) is 0 Å². The second-order valence-corrected chi connectivity index (χ2v) is 2.14. The van der Waals surface area contributed by atoms with E-state index in [1.807, 2.05) is 13.0 Å². The largest absolute Gasteiger partial charge is 0.103 e. The SMILES string of the molecule is C=CC/C=C/CC/C=C/C. The van der Waals surface area contributed by atoms with Crippen molar-refractivity contribution in [3.05, 3.63) is 37.0 Å². The maximum Gasteiger partial charge on any atom is -0.0172 e. The van der Waals surface area contributed by atoms with E-state index in [0.29, 0.717) is 0 Å². The summed E-state index contributed by atoms with van der Waals surface area (Å²) in [6.45, 7) is 5.68. The van der Waals surface area contributed by atoms with Crippen molar-refractivity contribution >= 4 is 0 Å². The van der Waals surface area contributed by atoms with Gasteiger partial charge in [0.1, 0.15) is 0 Å². The molecule has 0 N–H and O–H groups in total. The third-order valence-electron chi connectivity index (χ3n) is 1.21. The van der Waals surface area contributed by atoms with Gasteiger partial charge in [0.15, 0.2) is 0 Å². The molecule has 0 rings (SSSR count). The lowest BCUT2D eigenvalue weighted by molar-refractivity contribution is 1.04. The molecular weight excluding hydrogens is 120 g/mol. The molecule has 0 aromatic heterocycles. The van der Waals surface area contributed by atoms with Crippen molar-refractivity contribution in [3.63, 3.8) is 0 Å². The minimum absolute atomic E-state index is 0.996. The number of unbranched alkanes of at least 4 members (excludes halogenated alkanes) is 1. The summed E-state index contributed by atoms with van der Waals surface area (Å²) in [5.74, 6) is 0. The molecule has 0 saturated heterocycles. The molecule has 0 aliphatic carbocycles. The first-order chi connectivity index (χ1) is 4.91. The summed E-state index contributed by atoms with van der Waals surface area (Å²) in [5.41, 5.74) is 0. The number of hydrogen-bond acceptors (Lipinski definition) is 0. The van der Waals surface area contributed by atoms with Crippen LogP contribution in [0.15, 0.2) is 37.0 Å². The van der Waals surface area contributed by atoms with Crippen molar-refractivity contribution in [3.8, 4) is 0 Å². The van der Waals surface area contributed by atoms with Gasteiger partial charge >= 0.3 is 0 Å². The summed E-state index contributed by atoms with van der Waals surface area (Å²) in [7, 11) is 0. The number of hydrogen-bond donors (Lipinski definition) is 0. The molecule has 0 aromatic carbocycles. The first-order valence-corrected chi connectivity index (χ1v) is 3.79. The highest BCUT2D eigenvalue weighted by Crippen LogP contribution is 1.93. The molecule has 0 saturated carbocycles. The summed E-state index contributed by atoms with van der Waals surface area (Å²) in [5, 5.41) is 0. The second-order valence-electron chi connectivity index (χ2n) is 2.14. The molecule has 0 aliphatic heterocycles. The molecule has 0 bridgehead atoms. The van der Waals surface area contributed by atoms with Crippen LogP contribution in [-0.4, -0.2) is 0 Å². The van der Waals surface area contributed by atoms with Gasteiger partial charge in [-0.15, -0.1) is 6.58 Å². The van der Waals surface area contributed by atoms with E-state index < -0.39 is 0 Å². The summed E-state index contributed by atoms with van der Waals surface area (Å²) >= 11 is 0. The number of allylic oxidation sites excluding steroid dienone is 5. The van der Waals surface area contributed by atoms with Gasteiger partial charge in [-0.2, -0.15) is 0 Å². The molecule has 0 atom stereocenters. The molecule has 0 heterocycles. The van der Waals surface area contributed by atoms with Gasteiger partial charge in [-0.25, -0.2) is 0 Å². The molecule has 0 aromatic rings. The van der Waals surface area contributed by atoms with Crippen molar-refractivity contribution in [1.29, 1.82) is 0 Å². The van der Waals surface area contributed by atoms with E-state index in [2.05, 4.69) is 30.9 Å². The van der Waals surface area contributed by atoms with Gasteiger partial charge in [0.05, 0.1) is 0 Å². The Labute approximate surface area is 64.0 Å². The van der Waals surface area contributed by atoms with E-state index >= 15 is 0 Å². The van der Waals surface area contributed by atoms with E-state index in [9.17, 15) is 0 Å². The van der Waals surface area contributed by atoms with Crippen molar-refractivity contribution in [2.75, 3.05) is 0 Å². The van der Waals surface area contributed by atoms with E-state index in [1.54, 1.807) is 0 Å². The molecule has 0 aliphatic rings. The van der Waals surface area contributed by atoms with E-state index in [4.69, 9.17) is 0 Å². The lowest BCUT2D eigenvalue weighted by Gasteiger charge is -1.84. The molecule has 0 heteroatoms. The number of rotatable bonds is 5. The predicted octanol–water partition coefficient (Wildman–Crippen LogP) is 3.48. The van der Waals surface area contributed by atoms with Crippen molar-refractivity contribution < 1.29 is 0 Å². The van der Waals surface area contributed by atoms with E-state index in [-0.39, 0.29) is 0 Å². The van der Waals surface area contributed by atoms with Crippen LogP contribution in [0.5, 0.6) is 0 Å². The zero-order valence-electron chi connectivity index (χ0n) is 6.72. The highest BCUT2D eigenvalue weighted by atomic mass is 13.8. The maximum atomic E-state index is 3.63. The van der Waals surface area contributed by atoms with Crippen molar-refractivity contribution in [1.82, 2.24) is 0 Å².